The average molecular weight is 417 g/mol. The van der Waals surface area contributed by atoms with Gasteiger partial charge in [0.05, 0.1) is 5.75 Å². The molecule has 0 spiro atoms. The smallest absolute Gasteiger partial charge is 0.335 e. The second-order valence-electron chi connectivity index (χ2n) is 6.86. The van der Waals surface area contributed by atoms with E-state index in [-0.39, 0.29) is 23.1 Å². The fourth-order valence-corrected chi connectivity index (χ4v) is 3.83. The summed E-state index contributed by atoms with van der Waals surface area (Å²) in [5, 5.41) is 9.67. The van der Waals surface area contributed by atoms with Crippen molar-refractivity contribution in [2.75, 3.05) is 0 Å². The average Bonchev–Trinajstić information content (AvgIpc) is 3.17. The molecule has 0 aliphatic carbocycles. The molecule has 1 N–H and O–H groups in total. The summed E-state index contributed by atoms with van der Waals surface area (Å²) in [5.74, 6) is -1.56. The maximum Gasteiger partial charge on any atom is 0.335 e. The minimum Gasteiger partial charge on any atom is -0.410 e. The number of carbonyl (C=O) groups is 1. The summed E-state index contributed by atoms with van der Waals surface area (Å²) < 4.78 is 43.9. The van der Waals surface area contributed by atoms with Crippen LogP contribution in [0.15, 0.2) is 64.2 Å². The van der Waals surface area contributed by atoms with Crippen LogP contribution in [0.25, 0.3) is 0 Å². The molecule has 0 aliphatic rings. The van der Waals surface area contributed by atoms with Crippen molar-refractivity contribution >= 4 is 15.7 Å². The van der Waals surface area contributed by atoms with Crippen LogP contribution in [-0.2, 0) is 15.6 Å². The van der Waals surface area contributed by atoms with Gasteiger partial charge in [-0.25, -0.2) is 12.8 Å². The van der Waals surface area contributed by atoms with E-state index in [9.17, 15) is 17.6 Å². The van der Waals surface area contributed by atoms with Crippen LogP contribution < -0.4 is 5.32 Å². The summed E-state index contributed by atoms with van der Waals surface area (Å²) in [5.41, 5.74) is 0.721. The van der Waals surface area contributed by atoms with E-state index in [0.717, 1.165) is 6.07 Å². The van der Waals surface area contributed by atoms with Crippen molar-refractivity contribution in [2.45, 2.75) is 30.9 Å². The predicted octanol–water partition coefficient (Wildman–Crippen LogP) is 3.31. The highest BCUT2D eigenvalue weighted by Gasteiger charge is 2.29. The molecule has 1 amide bonds. The molecule has 0 aliphatic heterocycles. The second kappa shape index (κ2) is 8.52. The fourth-order valence-electron chi connectivity index (χ4n) is 2.69. The van der Waals surface area contributed by atoms with Gasteiger partial charge < -0.3 is 9.73 Å². The fraction of sp³-hybridized carbons (Fsp3) is 0.250. The molecule has 3 aromatic rings. The molecule has 0 saturated heterocycles. The number of carbonyl (C=O) groups excluding carboxylic acids is 1. The molecule has 0 saturated carbocycles. The molecule has 0 bridgehead atoms. The summed E-state index contributed by atoms with van der Waals surface area (Å²) >= 11 is 0. The first kappa shape index (κ1) is 20.7. The van der Waals surface area contributed by atoms with Gasteiger partial charge in [-0.2, -0.15) is 0 Å². The normalized spacial score (nSPS) is 12.7. The van der Waals surface area contributed by atoms with Crippen molar-refractivity contribution in [3.63, 3.8) is 0 Å². The summed E-state index contributed by atoms with van der Waals surface area (Å²) in [6.07, 6.45) is 0. The zero-order chi connectivity index (χ0) is 21.0. The van der Waals surface area contributed by atoms with Gasteiger partial charge in [-0.3, -0.25) is 4.79 Å². The Morgan fingerprint density at radius 3 is 2.48 bits per heavy atom. The Morgan fingerprint density at radius 1 is 1.10 bits per heavy atom. The van der Waals surface area contributed by atoms with Crippen molar-refractivity contribution < 1.29 is 22.0 Å². The summed E-state index contributed by atoms with van der Waals surface area (Å²) in [7, 11) is -3.84. The molecule has 0 unspecified atom stereocenters. The zero-order valence-electron chi connectivity index (χ0n) is 15.9. The third-order valence-corrected chi connectivity index (χ3v) is 5.60. The number of nitrogens with one attached hydrogen (secondary N) is 1. The monoisotopic (exact) mass is 417 g/mol. The molecule has 7 nitrogen and oxygen atoms in total. The number of benzene rings is 2. The van der Waals surface area contributed by atoms with Gasteiger partial charge in [0, 0.05) is 5.56 Å². The van der Waals surface area contributed by atoms with Gasteiger partial charge in [0.15, 0.2) is 0 Å². The van der Waals surface area contributed by atoms with Gasteiger partial charge in [0.25, 0.3) is 5.91 Å². The van der Waals surface area contributed by atoms with Crippen LogP contribution in [0.5, 0.6) is 0 Å². The Balaban J connectivity index is 1.81. The predicted molar refractivity (Wildman–Crippen MR) is 103 cm³/mol. The van der Waals surface area contributed by atoms with Gasteiger partial charge in [-0.05, 0) is 29.7 Å². The molecule has 1 aromatic heterocycles. The number of rotatable bonds is 7. The van der Waals surface area contributed by atoms with Crippen LogP contribution in [0.3, 0.4) is 0 Å². The first-order chi connectivity index (χ1) is 13.8. The van der Waals surface area contributed by atoms with Crippen molar-refractivity contribution in [1.29, 1.82) is 0 Å². The van der Waals surface area contributed by atoms with Crippen LogP contribution >= 0.6 is 0 Å². The van der Waals surface area contributed by atoms with Crippen molar-refractivity contribution in [3.05, 3.63) is 77.4 Å². The third-order valence-electron chi connectivity index (χ3n) is 4.19. The van der Waals surface area contributed by atoms with E-state index in [1.54, 1.807) is 44.2 Å². The number of hydrogen-bond donors (Lipinski definition) is 1. The highest BCUT2D eigenvalue weighted by molar-refractivity contribution is 7.90. The highest BCUT2D eigenvalue weighted by Crippen LogP contribution is 2.24. The maximum absolute atomic E-state index is 13.4. The van der Waals surface area contributed by atoms with Gasteiger partial charge in [-0.15, -0.1) is 5.10 Å². The van der Waals surface area contributed by atoms with E-state index in [1.807, 2.05) is 0 Å². The lowest BCUT2D eigenvalue weighted by Crippen LogP contribution is -2.32. The first-order valence-corrected chi connectivity index (χ1v) is 10.6. The van der Waals surface area contributed by atoms with E-state index in [4.69, 9.17) is 4.42 Å². The molecule has 0 radical (unpaired) electrons. The number of hydrogen-bond acceptors (Lipinski definition) is 6. The molecule has 29 heavy (non-hydrogen) atoms. The standard InChI is InChI=1S/C20H20FN3O4S/c1-13(2)17(22-18(25)15-9-6-10-16(21)11-15)19-23-24-20(28-19)29(26,27)12-14-7-4-3-5-8-14/h3-11,13,17H,12H2,1-2H3,(H,22,25)/t17-/m0/s1. The third kappa shape index (κ3) is 5.05. The summed E-state index contributed by atoms with van der Waals surface area (Å²) in [4.78, 5) is 12.4. The minimum absolute atomic E-state index is 0.0311. The Hall–Kier alpha value is -3.07. The first-order valence-electron chi connectivity index (χ1n) is 8.93. The molecule has 1 atom stereocenters. The lowest BCUT2D eigenvalue weighted by molar-refractivity contribution is 0.0914. The molecule has 3 rings (SSSR count). The van der Waals surface area contributed by atoms with Crippen LogP contribution in [0.4, 0.5) is 4.39 Å². The number of amides is 1. The molecule has 152 valence electrons. The largest absolute Gasteiger partial charge is 0.410 e. The maximum atomic E-state index is 13.4. The van der Waals surface area contributed by atoms with E-state index in [1.165, 1.54) is 18.2 Å². The Kier molecular flexibility index (Phi) is 6.07. The number of nitrogens with zero attached hydrogens (tertiary/aromatic N) is 2. The van der Waals surface area contributed by atoms with E-state index >= 15 is 0 Å². The SMILES string of the molecule is CC(C)[C@H](NC(=O)c1cccc(F)c1)c1nnc(S(=O)(=O)Cc2ccccc2)o1. The number of aromatic nitrogens is 2. The van der Waals surface area contributed by atoms with Gasteiger partial charge >= 0.3 is 5.22 Å². The van der Waals surface area contributed by atoms with Crippen LogP contribution in [-0.4, -0.2) is 24.5 Å². The topological polar surface area (TPSA) is 102 Å². The molecule has 1 heterocycles. The molecular weight excluding hydrogens is 397 g/mol. The molecule has 2 aromatic carbocycles. The summed E-state index contributed by atoms with van der Waals surface area (Å²) in [6.45, 7) is 3.61. The van der Waals surface area contributed by atoms with Crippen molar-refractivity contribution in [3.8, 4) is 0 Å². The Bertz CT molecular complexity index is 1100. The molecule has 9 heteroatoms. The quantitative estimate of drug-likeness (QED) is 0.633. The molecule has 0 fully saturated rings. The van der Waals surface area contributed by atoms with Gasteiger partial charge in [-0.1, -0.05) is 55.3 Å². The number of sulfone groups is 1. The van der Waals surface area contributed by atoms with E-state index in [2.05, 4.69) is 15.5 Å². The van der Waals surface area contributed by atoms with Gasteiger partial charge in [0.2, 0.25) is 15.7 Å². The zero-order valence-corrected chi connectivity index (χ0v) is 16.7. The van der Waals surface area contributed by atoms with Crippen LogP contribution in [0.2, 0.25) is 0 Å². The minimum atomic E-state index is -3.84. The van der Waals surface area contributed by atoms with Crippen LogP contribution in [0.1, 0.15) is 41.7 Å². The summed E-state index contributed by atoms with van der Waals surface area (Å²) in [6, 6.07) is 13.1. The lowest BCUT2D eigenvalue weighted by atomic mass is 10.0. The van der Waals surface area contributed by atoms with Gasteiger partial charge in [0.1, 0.15) is 11.9 Å². The van der Waals surface area contributed by atoms with Crippen molar-refractivity contribution in [2.24, 2.45) is 5.92 Å². The van der Waals surface area contributed by atoms with E-state index in [0.29, 0.717) is 5.56 Å². The highest BCUT2D eigenvalue weighted by atomic mass is 32.2. The number of halogens is 1. The lowest BCUT2D eigenvalue weighted by Gasteiger charge is -2.18. The second-order valence-corrected chi connectivity index (χ2v) is 8.72. The van der Waals surface area contributed by atoms with E-state index < -0.39 is 32.8 Å². The Morgan fingerprint density at radius 2 is 1.83 bits per heavy atom. The Labute approximate surface area is 167 Å². The molecular formula is C20H20FN3O4S. The van der Waals surface area contributed by atoms with Crippen LogP contribution in [0, 0.1) is 11.7 Å². The van der Waals surface area contributed by atoms with Crippen molar-refractivity contribution in [1.82, 2.24) is 15.5 Å².